The first kappa shape index (κ1) is 12.8. The molecule has 1 aromatic carbocycles. The van der Waals surface area contributed by atoms with Crippen molar-refractivity contribution in [2.75, 3.05) is 0 Å². The van der Waals surface area contributed by atoms with E-state index in [0.717, 1.165) is 6.42 Å². The summed E-state index contributed by atoms with van der Waals surface area (Å²) in [5.41, 5.74) is 3.65. The van der Waals surface area contributed by atoms with Crippen LogP contribution in [-0.2, 0) is 6.42 Å². The van der Waals surface area contributed by atoms with Gasteiger partial charge in [-0.15, -0.1) is 0 Å². The van der Waals surface area contributed by atoms with Crippen LogP contribution in [-0.4, -0.2) is 6.04 Å². The van der Waals surface area contributed by atoms with Gasteiger partial charge in [-0.2, -0.15) is 0 Å². The Hall–Kier alpha value is -0.640. The second-order valence-electron chi connectivity index (χ2n) is 5.48. The molecule has 94 valence electrons. The lowest BCUT2D eigenvalue weighted by Crippen LogP contribution is -2.39. The largest absolute Gasteiger partial charge is 0.271 e. The van der Waals surface area contributed by atoms with E-state index in [1.54, 1.807) is 12.1 Å². The van der Waals surface area contributed by atoms with Crippen molar-refractivity contribution in [1.82, 2.24) is 5.43 Å². The minimum absolute atomic E-state index is 0.0828. The Morgan fingerprint density at radius 1 is 1.59 bits per heavy atom. The summed E-state index contributed by atoms with van der Waals surface area (Å²) in [5, 5.41) is 0.476. The van der Waals surface area contributed by atoms with Crippen LogP contribution in [0.4, 0.5) is 4.39 Å². The second kappa shape index (κ2) is 4.56. The second-order valence-corrected chi connectivity index (χ2v) is 5.88. The summed E-state index contributed by atoms with van der Waals surface area (Å²) >= 11 is 6.02. The number of rotatable bonds is 4. The Balaban J connectivity index is 2.14. The van der Waals surface area contributed by atoms with E-state index in [1.165, 1.54) is 6.07 Å². The molecular formula is C13H18ClFN2. The number of halogens is 2. The van der Waals surface area contributed by atoms with Gasteiger partial charge in [0.05, 0.1) is 0 Å². The standard InChI is InChI=1S/C13H18ClFN2/c1-13(2)7-9(13)12(17-16)6-8-10(14)4-3-5-11(8)15/h3-5,9,12,17H,6-7,16H2,1-2H3. The molecular weight excluding hydrogens is 239 g/mol. The van der Waals surface area contributed by atoms with E-state index in [9.17, 15) is 4.39 Å². The summed E-state index contributed by atoms with van der Waals surface area (Å²) in [7, 11) is 0. The van der Waals surface area contributed by atoms with E-state index in [1.807, 2.05) is 0 Å². The molecule has 1 saturated carbocycles. The maximum Gasteiger partial charge on any atom is 0.127 e. The van der Waals surface area contributed by atoms with Gasteiger partial charge in [-0.3, -0.25) is 11.3 Å². The summed E-state index contributed by atoms with van der Waals surface area (Å²) in [4.78, 5) is 0. The summed E-state index contributed by atoms with van der Waals surface area (Å²) < 4.78 is 13.7. The van der Waals surface area contributed by atoms with Crippen molar-refractivity contribution in [3.8, 4) is 0 Å². The molecule has 0 spiro atoms. The van der Waals surface area contributed by atoms with Crippen molar-refractivity contribution in [2.24, 2.45) is 17.2 Å². The van der Waals surface area contributed by atoms with E-state index >= 15 is 0 Å². The normalized spacial score (nSPS) is 23.5. The molecule has 2 atom stereocenters. The predicted molar refractivity (Wildman–Crippen MR) is 68.1 cm³/mol. The number of nitrogens with one attached hydrogen (secondary N) is 1. The van der Waals surface area contributed by atoms with Crippen LogP contribution in [0, 0.1) is 17.2 Å². The van der Waals surface area contributed by atoms with Gasteiger partial charge in [0, 0.05) is 16.6 Å². The summed E-state index contributed by atoms with van der Waals surface area (Å²) in [6.45, 7) is 4.40. The minimum Gasteiger partial charge on any atom is -0.271 e. The third-order valence-corrected chi connectivity index (χ3v) is 4.13. The SMILES string of the molecule is CC1(C)CC1C(Cc1c(F)cccc1Cl)NN. The van der Waals surface area contributed by atoms with Crippen LogP contribution in [0.3, 0.4) is 0 Å². The first-order chi connectivity index (χ1) is 7.95. The fourth-order valence-electron chi connectivity index (χ4n) is 2.46. The van der Waals surface area contributed by atoms with Crippen molar-refractivity contribution < 1.29 is 4.39 Å². The predicted octanol–water partition coefficient (Wildman–Crippen LogP) is 2.90. The van der Waals surface area contributed by atoms with Crippen LogP contribution in [0.1, 0.15) is 25.8 Å². The minimum atomic E-state index is -0.254. The summed E-state index contributed by atoms with van der Waals surface area (Å²) in [6.07, 6.45) is 1.66. The molecule has 4 heteroatoms. The van der Waals surface area contributed by atoms with Gasteiger partial charge in [-0.05, 0) is 36.3 Å². The topological polar surface area (TPSA) is 38.0 Å². The van der Waals surface area contributed by atoms with E-state index in [-0.39, 0.29) is 11.9 Å². The van der Waals surface area contributed by atoms with Crippen LogP contribution in [0.5, 0.6) is 0 Å². The molecule has 2 unspecified atom stereocenters. The molecule has 0 aliphatic heterocycles. The zero-order chi connectivity index (χ0) is 12.6. The number of benzene rings is 1. The van der Waals surface area contributed by atoms with Crippen LogP contribution < -0.4 is 11.3 Å². The van der Waals surface area contributed by atoms with Crippen molar-refractivity contribution in [1.29, 1.82) is 0 Å². The Morgan fingerprint density at radius 2 is 2.24 bits per heavy atom. The fraction of sp³-hybridized carbons (Fsp3) is 0.538. The number of nitrogens with two attached hydrogens (primary N) is 1. The van der Waals surface area contributed by atoms with Gasteiger partial charge in [0.15, 0.2) is 0 Å². The third kappa shape index (κ3) is 2.62. The highest BCUT2D eigenvalue weighted by molar-refractivity contribution is 6.31. The molecule has 0 amide bonds. The molecule has 1 aromatic rings. The van der Waals surface area contributed by atoms with Crippen LogP contribution >= 0.6 is 11.6 Å². The van der Waals surface area contributed by atoms with E-state index in [0.29, 0.717) is 28.3 Å². The van der Waals surface area contributed by atoms with Crippen LogP contribution in [0.2, 0.25) is 5.02 Å². The maximum absolute atomic E-state index is 13.7. The van der Waals surface area contributed by atoms with Crippen molar-refractivity contribution >= 4 is 11.6 Å². The van der Waals surface area contributed by atoms with Gasteiger partial charge in [-0.1, -0.05) is 31.5 Å². The molecule has 17 heavy (non-hydrogen) atoms. The van der Waals surface area contributed by atoms with Gasteiger partial charge in [-0.25, -0.2) is 4.39 Å². The fourth-order valence-corrected chi connectivity index (χ4v) is 2.70. The lowest BCUT2D eigenvalue weighted by Gasteiger charge is -2.18. The first-order valence-electron chi connectivity index (χ1n) is 5.84. The third-order valence-electron chi connectivity index (χ3n) is 3.78. The Labute approximate surface area is 106 Å². The van der Waals surface area contributed by atoms with Crippen molar-refractivity contribution in [3.63, 3.8) is 0 Å². The van der Waals surface area contributed by atoms with Gasteiger partial charge < -0.3 is 0 Å². The van der Waals surface area contributed by atoms with Crippen molar-refractivity contribution in [3.05, 3.63) is 34.6 Å². The molecule has 1 aliphatic carbocycles. The summed E-state index contributed by atoms with van der Waals surface area (Å²) in [5.74, 6) is 5.80. The van der Waals surface area contributed by atoms with Gasteiger partial charge in [0.2, 0.25) is 0 Å². The van der Waals surface area contributed by atoms with E-state index < -0.39 is 0 Å². The number of hydrazine groups is 1. The zero-order valence-electron chi connectivity index (χ0n) is 10.1. The van der Waals surface area contributed by atoms with Crippen molar-refractivity contribution in [2.45, 2.75) is 32.7 Å². The lowest BCUT2D eigenvalue weighted by atomic mass is 9.97. The molecule has 1 fully saturated rings. The van der Waals surface area contributed by atoms with Gasteiger partial charge >= 0.3 is 0 Å². The quantitative estimate of drug-likeness (QED) is 0.642. The Morgan fingerprint density at radius 3 is 2.71 bits per heavy atom. The average molecular weight is 257 g/mol. The van der Waals surface area contributed by atoms with E-state index in [2.05, 4.69) is 19.3 Å². The summed E-state index contributed by atoms with van der Waals surface area (Å²) in [6, 6.07) is 4.85. The lowest BCUT2D eigenvalue weighted by molar-refractivity contribution is 0.404. The molecule has 2 nitrogen and oxygen atoms in total. The van der Waals surface area contributed by atoms with Gasteiger partial charge in [0.25, 0.3) is 0 Å². The highest BCUT2D eigenvalue weighted by atomic mass is 35.5. The Kier molecular flexibility index (Phi) is 3.43. The molecule has 0 saturated heterocycles. The molecule has 0 bridgehead atoms. The average Bonchev–Trinajstić information content (AvgIpc) is 2.87. The molecule has 0 heterocycles. The highest BCUT2D eigenvalue weighted by Crippen LogP contribution is 2.54. The molecule has 0 radical (unpaired) electrons. The Bertz CT molecular complexity index is 400. The maximum atomic E-state index is 13.7. The van der Waals surface area contributed by atoms with Crippen LogP contribution in [0.15, 0.2) is 18.2 Å². The molecule has 3 N–H and O–H groups in total. The first-order valence-corrected chi connectivity index (χ1v) is 6.22. The monoisotopic (exact) mass is 256 g/mol. The number of hydrogen-bond acceptors (Lipinski definition) is 2. The molecule has 1 aliphatic rings. The smallest absolute Gasteiger partial charge is 0.127 e. The van der Waals surface area contributed by atoms with E-state index in [4.69, 9.17) is 17.4 Å². The molecule has 0 aromatic heterocycles. The van der Waals surface area contributed by atoms with Crippen LogP contribution in [0.25, 0.3) is 0 Å². The number of hydrogen-bond donors (Lipinski definition) is 2. The zero-order valence-corrected chi connectivity index (χ0v) is 10.9. The molecule has 2 rings (SSSR count). The highest BCUT2D eigenvalue weighted by Gasteiger charge is 2.49. The van der Waals surface area contributed by atoms with Gasteiger partial charge in [0.1, 0.15) is 5.82 Å².